The van der Waals surface area contributed by atoms with Gasteiger partial charge in [0.05, 0.1) is 24.0 Å². The van der Waals surface area contributed by atoms with E-state index < -0.39 is 40.4 Å². The highest BCUT2D eigenvalue weighted by molar-refractivity contribution is 7.89. The first kappa shape index (κ1) is 33.1. The van der Waals surface area contributed by atoms with Gasteiger partial charge in [0.25, 0.3) is 0 Å². The lowest BCUT2D eigenvalue weighted by atomic mass is 10.1. The monoisotopic (exact) mass is 648 g/mol. The molecule has 14 nitrogen and oxygen atoms in total. The molecule has 16 heteroatoms. The minimum absolute atomic E-state index is 0. The number of rotatable bonds is 12. The number of hydrogen-bond donors (Lipinski definition) is 4. The molecule has 1 saturated carbocycles. The van der Waals surface area contributed by atoms with E-state index in [1.807, 2.05) is 18.2 Å². The molecule has 1 aliphatic carbocycles. The van der Waals surface area contributed by atoms with Crippen LogP contribution in [-0.2, 0) is 30.8 Å². The summed E-state index contributed by atoms with van der Waals surface area (Å²) in [6, 6.07) is 10.6. The number of guanidine groups is 1. The summed E-state index contributed by atoms with van der Waals surface area (Å²) in [5, 5.41) is 15.9. The van der Waals surface area contributed by atoms with E-state index in [-0.39, 0.29) is 42.4 Å². The van der Waals surface area contributed by atoms with Crippen LogP contribution in [0.5, 0.6) is 0 Å². The zero-order valence-corrected chi connectivity index (χ0v) is 25.9. The van der Waals surface area contributed by atoms with Crippen molar-refractivity contribution in [1.29, 1.82) is 5.41 Å². The summed E-state index contributed by atoms with van der Waals surface area (Å²) in [6.45, 7) is 3.19. The number of aromatic nitrogens is 2. The first-order chi connectivity index (χ1) is 20.6. The van der Waals surface area contributed by atoms with Crippen LogP contribution in [0.25, 0.3) is 10.8 Å². The summed E-state index contributed by atoms with van der Waals surface area (Å²) in [5.41, 5.74) is 5.59. The molecule has 2 amide bonds. The Kier molecular flexibility index (Phi) is 10.8. The van der Waals surface area contributed by atoms with Gasteiger partial charge in [-0.2, -0.15) is 9.71 Å². The van der Waals surface area contributed by atoms with E-state index in [1.54, 1.807) is 28.9 Å². The Balaban J connectivity index is 0.00000442. The van der Waals surface area contributed by atoms with Crippen LogP contribution in [0.1, 0.15) is 31.0 Å². The first-order valence-electron chi connectivity index (χ1n) is 14.2. The molecule has 238 valence electrons. The van der Waals surface area contributed by atoms with Gasteiger partial charge in [0.1, 0.15) is 6.04 Å². The molecule has 5 rings (SSSR count). The molecule has 1 aliphatic heterocycles. The second kappa shape index (κ2) is 14.3. The fourth-order valence-corrected chi connectivity index (χ4v) is 6.26. The Hall–Kier alpha value is -3.79. The van der Waals surface area contributed by atoms with Crippen molar-refractivity contribution in [2.24, 2.45) is 5.73 Å². The molecule has 1 saturated heterocycles. The van der Waals surface area contributed by atoms with E-state index in [1.165, 1.54) is 12.1 Å². The number of ether oxygens (including phenoxy) is 1. The van der Waals surface area contributed by atoms with Crippen molar-refractivity contribution in [2.45, 2.75) is 55.7 Å². The Morgan fingerprint density at radius 3 is 2.64 bits per heavy atom. The number of aryl methyl sites for hydroxylation is 1. The average molecular weight is 649 g/mol. The van der Waals surface area contributed by atoms with Gasteiger partial charge in [-0.25, -0.2) is 8.42 Å². The highest BCUT2D eigenvalue weighted by Crippen LogP contribution is 2.28. The maximum atomic E-state index is 13.9. The van der Waals surface area contributed by atoms with E-state index in [4.69, 9.17) is 20.4 Å². The lowest BCUT2D eigenvalue weighted by Crippen LogP contribution is -2.53. The van der Waals surface area contributed by atoms with E-state index in [0.717, 1.165) is 23.6 Å². The van der Waals surface area contributed by atoms with Gasteiger partial charge in [-0.1, -0.05) is 35.5 Å². The third-order valence-corrected chi connectivity index (χ3v) is 8.91. The molecule has 2 aromatic carbocycles. The summed E-state index contributed by atoms with van der Waals surface area (Å²) < 4.78 is 40.4. The first-order valence-corrected chi connectivity index (χ1v) is 15.7. The van der Waals surface area contributed by atoms with Crippen molar-refractivity contribution in [2.75, 3.05) is 32.8 Å². The normalized spacial score (nSPS) is 17.5. The number of nitrogens with one attached hydrogen (secondary N) is 3. The number of halogens is 1. The third-order valence-electron chi connectivity index (χ3n) is 7.44. The smallest absolute Gasteiger partial charge is 0.241 e. The van der Waals surface area contributed by atoms with Crippen molar-refractivity contribution in [3.8, 4) is 0 Å². The number of benzene rings is 2. The van der Waals surface area contributed by atoms with E-state index in [0.29, 0.717) is 37.8 Å². The number of nitrogens with zero attached hydrogens (tertiary/aromatic N) is 4. The number of carbonyl (C=O) groups is 2. The zero-order chi connectivity index (χ0) is 30.6. The van der Waals surface area contributed by atoms with Gasteiger partial charge in [-0.3, -0.25) is 15.0 Å². The molecule has 0 spiro atoms. The number of carbonyl (C=O) groups excluding carboxylic acids is 2. The third kappa shape index (κ3) is 8.43. The number of hydrogen-bond acceptors (Lipinski definition) is 9. The van der Waals surface area contributed by atoms with E-state index in [2.05, 4.69) is 20.2 Å². The lowest BCUT2D eigenvalue weighted by Gasteiger charge is -2.33. The Morgan fingerprint density at radius 1 is 1.20 bits per heavy atom. The number of amides is 2. The van der Waals surface area contributed by atoms with Crippen LogP contribution in [0.3, 0.4) is 0 Å². The minimum atomic E-state index is -4.18. The average Bonchev–Trinajstić information content (AvgIpc) is 3.75. The van der Waals surface area contributed by atoms with Crippen LogP contribution in [0.15, 0.2) is 51.9 Å². The van der Waals surface area contributed by atoms with Gasteiger partial charge in [0, 0.05) is 45.6 Å². The number of fused-ring (bicyclic) bond motifs is 1. The van der Waals surface area contributed by atoms with E-state index >= 15 is 0 Å². The summed E-state index contributed by atoms with van der Waals surface area (Å²) in [4.78, 5) is 34.5. The molecule has 0 radical (unpaired) electrons. The fourth-order valence-electron chi connectivity index (χ4n) is 5.04. The second-order valence-corrected chi connectivity index (χ2v) is 12.5. The van der Waals surface area contributed by atoms with Crippen LogP contribution < -0.4 is 15.8 Å². The molecular formula is C28H37ClN8O6S. The molecule has 2 atom stereocenters. The molecule has 1 aromatic heterocycles. The van der Waals surface area contributed by atoms with Gasteiger partial charge >= 0.3 is 0 Å². The Morgan fingerprint density at radius 2 is 1.95 bits per heavy atom. The number of sulfonamides is 1. The molecule has 2 fully saturated rings. The van der Waals surface area contributed by atoms with Crippen molar-refractivity contribution >= 4 is 51.0 Å². The van der Waals surface area contributed by atoms with Gasteiger partial charge < -0.3 is 30.1 Å². The van der Waals surface area contributed by atoms with Crippen LogP contribution in [0, 0.1) is 12.3 Å². The molecule has 3 aromatic rings. The second-order valence-electron chi connectivity index (χ2n) is 10.8. The zero-order valence-electron chi connectivity index (χ0n) is 24.3. The van der Waals surface area contributed by atoms with Crippen LogP contribution in [0.4, 0.5) is 0 Å². The van der Waals surface area contributed by atoms with Crippen LogP contribution >= 0.6 is 12.4 Å². The van der Waals surface area contributed by atoms with Crippen molar-refractivity contribution < 1.29 is 27.3 Å². The van der Waals surface area contributed by atoms with Crippen molar-refractivity contribution in [3.63, 3.8) is 0 Å². The molecule has 0 bridgehead atoms. The molecular weight excluding hydrogens is 612 g/mol. The van der Waals surface area contributed by atoms with Crippen LogP contribution in [-0.4, -0.2) is 97.1 Å². The molecule has 1 unspecified atom stereocenters. The summed E-state index contributed by atoms with van der Waals surface area (Å²) in [5.74, 6) is -0.254. The molecule has 2 heterocycles. The largest absolute Gasteiger partial charge is 0.373 e. The fraction of sp³-hybridized carbons (Fsp3) is 0.464. The molecule has 44 heavy (non-hydrogen) atoms. The topological polar surface area (TPSA) is 197 Å². The quantitative estimate of drug-likeness (QED) is 0.162. The Labute approximate surface area is 261 Å². The predicted octanol–water partition coefficient (Wildman–Crippen LogP) is 0.934. The summed E-state index contributed by atoms with van der Waals surface area (Å²) >= 11 is 0. The molecule has 2 aliphatic rings. The highest BCUT2D eigenvalue weighted by atomic mass is 35.5. The molecule has 5 N–H and O–H groups in total. The highest BCUT2D eigenvalue weighted by Gasteiger charge is 2.38. The maximum absolute atomic E-state index is 13.9. The van der Waals surface area contributed by atoms with Crippen LogP contribution in [0.2, 0.25) is 0 Å². The van der Waals surface area contributed by atoms with E-state index in [9.17, 15) is 18.0 Å². The van der Waals surface area contributed by atoms with Gasteiger partial charge in [0.15, 0.2) is 11.8 Å². The Bertz CT molecular complexity index is 1600. The predicted molar refractivity (Wildman–Crippen MR) is 164 cm³/mol. The summed E-state index contributed by atoms with van der Waals surface area (Å²) in [7, 11) is -4.18. The lowest BCUT2D eigenvalue weighted by molar-refractivity contribution is -0.136. The van der Waals surface area contributed by atoms with Gasteiger partial charge in [0.2, 0.25) is 27.7 Å². The number of nitrogens with two attached hydrogens (primary N) is 1. The minimum Gasteiger partial charge on any atom is -0.373 e. The van der Waals surface area contributed by atoms with Crippen molar-refractivity contribution in [3.05, 3.63) is 54.2 Å². The van der Waals surface area contributed by atoms with Gasteiger partial charge in [-0.15, -0.1) is 12.4 Å². The maximum Gasteiger partial charge on any atom is 0.241 e. The SMILES string of the molecule is Cc1nc(CCN(C(=O)[C@H](CC(=O)NCC2CN(C(=N)N)CCO2)NS(=O)(=O)c2ccc3ccccc3c2)C2CC2)no1.Cl. The number of morpholine rings is 1. The van der Waals surface area contributed by atoms with Gasteiger partial charge in [-0.05, 0) is 35.7 Å². The van der Waals surface area contributed by atoms with Crippen molar-refractivity contribution in [1.82, 2.24) is 30.0 Å². The standard InChI is InChI=1S/C28H36N8O6S.ClH/c1-18-32-25(33-42-18)10-11-36(21-7-8-21)27(38)24(15-26(37)31-16-22-17-35(28(29)30)12-13-41-22)34-43(39,40)23-9-6-19-4-2-3-5-20(19)14-23;/h2-6,9,14,21-22,24,34H,7-8,10-13,15-17H2,1H3,(H3,29,30)(H,31,37);1H/t22?,24-;/m0./s1. The summed E-state index contributed by atoms with van der Waals surface area (Å²) in [6.07, 6.45) is 1.05.